The Balaban J connectivity index is 2.73. The first kappa shape index (κ1) is 13.1. The molecule has 0 radical (unpaired) electrons. The number of methoxy groups -OCH3 is 1. The van der Waals surface area contributed by atoms with E-state index in [0.29, 0.717) is 0 Å². The molecule has 1 N–H and O–H groups in total. The van der Waals surface area contributed by atoms with Crippen LogP contribution in [0.15, 0.2) is 30.3 Å². The Morgan fingerprint density at radius 1 is 1.47 bits per heavy atom. The molecule has 1 amide bonds. The lowest BCUT2D eigenvalue weighted by molar-refractivity contribution is -0.145. The molecule has 100 valence electrons. The van der Waals surface area contributed by atoms with Gasteiger partial charge in [-0.15, -0.1) is 0 Å². The highest BCUT2D eigenvalue weighted by Gasteiger charge is 2.21. The molecule has 1 unspecified atom stereocenters. The van der Waals surface area contributed by atoms with Crippen LogP contribution in [-0.2, 0) is 20.7 Å². The van der Waals surface area contributed by atoms with Gasteiger partial charge in [-0.05, 0) is 5.56 Å². The summed E-state index contributed by atoms with van der Waals surface area (Å²) in [6.45, 7) is 0. The van der Waals surface area contributed by atoms with Gasteiger partial charge in [-0.3, -0.25) is 4.79 Å². The smallest absolute Gasteiger partial charge is 0.328 e. The van der Waals surface area contributed by atoms with Crippen molar-refractivity contribution in [2.24, 2.45) is 0 Å². The highest BCUT2D eigenvalue weighted by Crippen LogP contribution is 2.05. The van der Waals surface area contributed by atoms with Gasteiger partial charge in [-0.1, -0.05) is 30.3 Å². The van der Waals surface area contributed by atoms with Crippen molar-refractivity contribution in [3.8, 4) is 6.07 Å². The highest BCUT2D eigenvalue weighted by atomic mass is 16.5. The molecule has 0 aliphatic carbocycles. The summed E-state index contributed by atoms with van der Waals surface area (Å²) in [5.74, 6) is -1.23. The summed E-state index contributed by atoms with van der Waals surface area (Å²) in [5.41, 5.74) is 0.866. The average Bonchev–Trinajstić information content (AvgIpc) is 2.47. The van der Waals surface area contributed by atoms with Crippen molar-refractivity contribution < 1.29 is 15.7 Å². The van der Waals surface area contributed by atoms with Gasteiger partial charge >= 0.3 is 5.97 Å². The van der Waals surface area contributed by atoms with Gasteiger partial charge in [-0.25, -0.2) is 4.79 Å². The number of amides is 1. The molecule has 0 aromatic heterocycles. The molecule has 1 aromatic rings. The van der Waals surface area contributed by atoms with E-state index in [-0.39, 0.29) is 12.8 Å². The molecule has 0 saturated carbocycles. The van der Waals surface area contributed by atoms with Crippen molar-refractivity contribution in [2.45, 2.75) is 25.3 Å². The third-order valence-corrected chi connectivity index (χ3v) is 2.46. The number of ether oxygens (including phenoxy) is 1. The van der Waals surface area contributed by atoms with Gasteiger partial charge in [0, 0.05) is 20.6 Å². The highest BCUT2D eigenvalue weighted by molar-refractivity contribution is 5.84. The molecule has 0 fully saturated rings. The number of carbonyl (C=O) groups excluding carboxylic acids is 2. The molecule has 5 heteroatoms. The van der Waals surface area contributed by atoms with Crippen LogP contribution >= 0.6 is 0 Å². The fourth-order valence-corrected chi connectivity index (χ4v) is 1.55. The molecule has 19 heavy (non-hydrogen) atoms. The van der Waals surface area contributed by atoms with Crippen molar-refractivity contribution in [3.05, 3.63) is 35.9 Å². The molecule has 0 heterocycles. The second-order valence-corrected chi connectivity index (χ2v) is 3.84. The van der Waals surface area contributed by atoms with Crippen LogP contribution in [0.3, 0.4) is 0 Å². The van der Waals surface area contributed by atoms with Gasteiger partial charge in [0.25, 0.3) is 0 Å². The number of nitrogens with one attached hydrogen (secondary N) is 1. The summed E-state index contributed by atoms with van der Waals surface area (Å²) in [4.78, 5) is 23.4. The lowest BCUT2D eigenvalue weighted by atomic mass is 10.1. The third kappa shape index (κ3) is 5.21. The quantitative estimate of drug-likeness (QED) is 0.780. The van der Waals surface area contributed by atoms with E-state index in [4.69, 9.17) is 6.63 Å². The predicted molar refractivity (Wildman–Crippen MR) is 68.9 cm³/mol. The summed E-state index contributed by atoms with van der Waals surface area (Å²) >= 11 is 0. The van der Waals surface area contributed by atoms with Gasteiger partial charge in [0.1, 0.15) is 6.04 Å². The molecule has 2 atom stereocenters. The van der Waals surface area contributed by atoms with E-state index >= 15 is 0 Å². The minimum Gasteiger partial charge on any atom is -0.467 e. The minimum atomic E-state index is -1.21. The topological polar surface area (TPSA) is 79.2 Å². The molecule has 5 nitrogen and oxygen atoms in total. The maximum absolute atomic E-state index is 11.7. The number of hydrogen-bond donors (Lipinski definition) is 1. The fraction of sp³-hybridized carbons (Fsp3) is 0.357. The van der Waals surface area contributed by atoms with Crippen molar-refractivity contribution in [3.63, 3.8) is 0 Å². The van der Waals surface area contributed by atoms with E-state index < -0.39 is 24.3 Å². The van der Waals surface area contributed by atoms with Crippen molar-refractivity contribution in [1.29, 1.82) is 5.26 Å². The molecule has 1 aromatic carbocycles. The van der Waals surface area contributed by atoms with E-state index in [2.05, 4.69) is 10.1 Å². The van der Waals surface area contributed by atoms with E-state index in [9.17, 15) is 9.59 Å². The van der Waals surface area contributed by atoms with E-state index in [1.807, 2.05) is 30.3 Å². The Morgan fingerprint density at radius 3 is 2.74 bits per heavy atom. The largest absolute Gasteiger partial charge is 0.467 e. The lowest BCUT2D eigenvalue weighted by Gasteiger charge is -2.16. The normalized spacial score (nSPS) is 13.6. The Labute approximate surface area is 113 Å². The lowest BCUT2D eigenvalue weighted by Crippen LogP contribution is -2.42. The number of rotatable bonds is 6. The molecule has 0 saturated heterocycles. The maximum atomic E-state index is 11.7. The Bertz CT molecular complexity index is 499. The fourth-order valence-electron chi connectivity index (χ4n) is 1.55. The van der Waals surface area contributed by atoms with Gasteiger partial charge in [0.15, 0.2) is 0 Å². The first-order chi connectivity index (χ1) is 9.58. The average molecular weight is 261 g/mol. The molecule has 0 bridgehead atoms. The Kier molecular flexibility index (Phi) is 5.43. The van der Waals surface area contributed by atoms with Crippen LogP contribution in [-0.4, -0.2) is 25.0 Å². The zero-order valence-corrected chi connectivity index (χ0v) is 10.6. The molecule has 0 spiro atoms. The minimum absolute atomic E-state index is 0.217. The third-order valence-electron chi connectivity index (χ3n) is 2.46. The number of benzene rings is 1. The number of nitrogens with zero attached hydrogens (tertiary/aromatic N) is 1. The molecule has 0 aliphatic heterocycles. The summed E-state index contributed by atoms with van der Waals surface area (Å²) in [6, 6.07) is 10.1. The van der Waals surface area contributed by atoms with Crippen molar-refractivity contribution in [2.75, 3.05) is 7.11 Å². The van der Waals surface area contributed by atoms with Gasteiger partial charge in [0.2, 0.25) is 5.91 Å². The number of esters is 1. The van der Waals surface area contributed by atoms with Crippen LogP contribution in [0, 0.1) is 11.3 Å². The van der Waals surface area contributed by atoms with Crippen LogP contribution in [0.25, 0.3) is 0 Å². The Morgan fingerprint density at radius 2 is 2.16 bits per heavy atom. The summed E-state index contributed by atoms with van der Waals surface area (Å²) in [5, 5.41) is 10.9. The molecule has 0 aliphatic rings. The van der Waals surface area contributed by atoms with Crippen LogP contribution in [0.4, 0.5) is 0 Å². The van der Waals surface area contributed by atoms with Crippen molar-refractivity contribution in [1.82, 2.24) is 5.32 Å². The van der Waals surface area contributed by atoms with E-state index in [1.54, 1.807) is 6.07 Å². The van der Waals surface area contributed by atoms with Crippen LogP contribution < -0.4 is 5.32 Å². The number of carbonyl (C=O) groups is 2. The molecular weight excluding hydrogens is 244 g/mol. The van der Waals surface area contributed by atoms with Crippen LogP contribution in [0.2, 0.25) is 0 Å². The summed E-state index contributed by atoms with van der Waals surface area (Å²) in [7, 11) is 1.24. The van der Waals surface area contributed by atoms with Crippen molar-refractivity contribution >= 4 is 11.9 Å². The van der Waals surface area contributed by atoms with Gasteiger partial charge in [-0.2, -0.15) is 5.26 Å². The number of nitriles is 1. The monoisotopic (exact) mass is 261 g/mol. The zero-order chi connectivity index (χ0) is 15.0. The van der Waals surface area contributed by atoms with E-state index in [1.165, 1.54) is 7.11 Å². The van der Waals surface area contributed by atoms with Crippen LogP contribution in [0.5, 0.6) is 0 Å². The van der Waals surface area contributed by atoms with Gasteiger partial charge < -0.3 is 10.1 Å². The maximum Gasteiger partial charge on any atom is 0.328 e. The Hall–Kier alpha value is -2.35. The molecule has 1 rings (SSSR count). The first-order valence-electron chi connectivity index (χ1n) is 6.37. The second-order valence-electron chi connectivity index (χ2n) is 3.84. The predicted octanol–water partition coefficient (Wildman–Crippen LogP) is 1.19. The zero-order valence-electron chi connectivity index (χ0n) is 11.6. The molecular formula is C14H16N2O3. The summed E-state index contributed by atoms with van der Waals surface area (Å²) in [6.07, 6.45) is -1.15. The van der Waals surface area contributed by atoms with Gasteiger partial charge in [0.05, 0.1) is 13.2 Å². The van der Waals surface area contributed by atoms with E-state index in [0.717, 1.165) is 5.56 Å². The standard InChI is InChI=1S/C14H16N2O3/c1-19-14(18)12(16-13(17)8-5-9-15)10-11-6-3-2-4-7-11/h2-4,6-7,12H,5,8,10H2,1H3,(H,16,17)/t12-/m0/s1/i8D/t8?,12-. The number of hydrogen-bond acceptors (Lipinski definition) is 4. The second kappa shape index (κ2) is 7.88. The van der Waals surface area contributed by atoms with Crippen LogP contribution in [0.1, 0.15) is 19.8 Å². The SMILES string of the molecule is [2H]C(CC#N)C(=O)N[C@@H](Cc1ccccc1)C(=O)OC. The summed E-state index contributed by atoms with van der Waals surface area (Å²) < 4.78 is 12.1. The first-order valence-corrected chi connectivity index (χ1v) is 5.79.